The van der Waals surface area contributed by atoms with Crippen molar-refractivity contribution in [2.45, 2.75) is 6.92 Å². The molecule has 0 fully saturated rings. The Morgan fingerprint density at radius 1 is 1.36 bits per heavy atom. The SMILES string of the molecule is COc1cc(C)c([B-](F)(F)F)cn1.[K+]. The Labute approximate surface area is 123 Å². The maximum atomic E-state index is 12.3. The fourth-order valence-corrected chi connectivity index (χ4v) is 0.995. The predicted molar refractivity (Wildman–Crippen MR) is 44.2 cm³/mol. The van der Waals surface area contributed by atoms with Gasteiger partial charge in [0.1, 0.15) is 0 Å². The molecule has 14 heavy (non-hydrogen) atoms. The summed E-state index contributed by atoms with van der Waals surface area (Å²) in [5, 5.41) is 0. The van der Waals surface area contributed by atoms with Crippen LogP contribution in [-0.4, -0.2) is 19.1 Å². The molecule has 2 nitrogen and oxygen atoms in total. The second kappa shape index (κ2) is 5.50. The molecule has 0 atom stereocenters. The molecule has 1 rings (SSSR count). The first kappa shape index (κ1) is 14.4. The quantitative estimate of drug-likeness (QED) is 0.573. The van der Waals surface area contributed by atoms with Crippen LogP contribution in [0.1, 0.15) is 5.56 Å². The van der Waals surface area contributed by atoms with Gasteiger partial charge in [-0.2, -0.15) is 0 Å². The molecule has 0 bridgehead atoms. The zero-order chi connectivity index (χ0) is 10.1. The minimum absolute atomic E-state index is 0. The Morgan fingerprint density at radius 3 is 2.29 bits per heavy atom. The zero-order valence-electron chi connectivity index (χ0n) is 8.22. The Morgan fingerprint density at radius 2 is 1.93 bits per heavy atom. The summed E-state index contributed by atoms with van der Waals surface area (Å²) in [6.07, 6.45) is 0.800. The van der Waals surface area contributed by atoms with Crippen molar-refractivity contribution in [2.75, 3.05) is 7.11 Å². The summed E-state index contributed by atoms with van der Waals surface area (Å²) < 4.78 is 41.5. The van der Waals surface area contributed by atoms with Crippen molar-refractivity contribution in [1.29, 1.82) is 0 Å². The Hall–Kier alpha value is 0.441. The van der Waals surface area contributed by atoms with Crippen LogP contribution in [0.25, 0.3) is 0 Å². The summed E-state index contributed by atoms with van der Waals surface area (Å²) in [5.74, 6) is 0.196. The number of pyridine rings is 1. The van der Waals surface area contributed by atoms with E-state index < -0.39 is 12.4 Å². The third-order valence-corrected chi connectivity index (χ3v) is 1.69. The fourth-order valence-electron chi connectivity index (χ4n) is 0.995. The number of methoxy groups -OCH3 is 1. The topological polar surface area (TPSA) is 22.1 Å². The first-order valence-corrected chi connectivity index (χ1v) is 3.65. The number of ether oxygens (including phenoxy) is 1. The Bertz CT molecular complexity index is 318. The zero-order valence-corrected chi connectivity index (χ0v) is 11.3. The van der Waals surface area contributed by atoms with Crippen LogP contribution in [0, 0.1) is 6.92 Å². The molecule has 0 unspecified atom stereocenters. The number of aromatic nitrogens is 1. The van der Waals surface area contributed by atoms with E-state index in [0.717, 1.165) is 6.20 Å². The standard InChI is InChI=1S/C7H8BF3NO.K/c1-5-3-7(13-2)12-4-6(5)8(9,10)11;/h3-4H,1-2H3;/q-1;+1. The van der Waals surface area contributed by atoms with Gasteiger partial charge in [0.25, 0.3) is 0 Å². The molecule has 0 amide bonds. The molecule has 72 valence electrons. The summed E-state index contributed by atoms with van der Waals surface area (Å²) in [6.45, 7) is -3.58. The Balaban J connectivity index is 0.00000169. The predicted octanol–water partition coefficient (Wildman–Crippen LogP) is -1.54. The number of rotatable bonds is 2. The molecule has 0 spiro atoms. The van der Waals surface area contributed by atoms with Crippen LogP contribution < -0.4 is 61.6 Å². The molecule has 0 radical (unpaired) electrons. The van der Waals surface area contributed by atoms with Gasteiger partial charge < -0.3 is 17.7 Å². The summed E-state index contributed by atoms with van der Waals surface area (Å²) >= 11 is 0. The summed E-state index contributed by atoms with van der Waals surface area (Å²) in [4.78, 5) is 3.50. The first-order valence-electron chi connectivity index (χ1n) is 3.65. The minimum Gasteiger partial charge on any atom is -0.481 e. The average Bonchev–Trinajstić information content (AvgIpc) is 2.01. The largest absolute Gasteiger partial charge is 1.00 e. The molecule has 0 aliphatic rings. The molecule has 0 N–H and O–H groups in total. The maximum Gasteiger partial charge on any atom is 1.00 e. The van der Waals surface area contributed by atoms with Gasteiger partial charge in [-0.3, -0.25) is 0 Å². The molecular formula is C7H8BF3KNO. The molecule has 0 aromatic carbocycles. The van der Waals surface area contributed by atoms with E-state index in [2.05, 4.69) is 4.98 Å². The average molecular weight is 229 g/mol. The molecule has 1 aromatic rings. The van der Waals surface area contributed by atoms with E-state index in [1.807, 2.05) is 0 Å². The molecule has 0 saturated carbocycles. The summed E-state index contributed by atoms with van der Waals surface area (Å²) in [6, 6.07) is 1.27. The van der Waals surface area contributed by atoms with E-state index in [1.165, 1.54) is 20.1 Å². The Kier molecular flexibility index (Phi) is 5.68. The smallest absolute Gasteiger partial charge is 0.481 e. The molecule has 0 aliphatic heterocycles. The van der Waals surface area contributed by atoms with Crippen molar-refractivity contribution >= 4 is 12.4 Å². The number of hydrogen-bond donors (Lipinski definition) is 0. The fraction of sp³-hybridized carbons (Fsp3) is 0.286. The molecular weight excluding hydrogens is 221 g/mol. The van der Waals surface area contributed by atoms with Crippen molar-refractivity contribution in [3.63, 3.8) is 0 Å². The van der Waals surface area contributed by atoms with Crippen LogP contribution in [0.5, 0.6) is 5.88 Å². The second-order valence-electron chi connectivity index (χ2n) is 2.66. The molecule has 7 heteroatoms. The monoisotopic (exact) mass is 229 g/mol. The number of halogens is 3. The van der Waals surface area contributed by atoms with Crippen LogP contribution >= 0.6 is 0 Å². The van der Waals surface area contributed by atoms with Crippen molar-refractivity contribution in [2.24, 2.45) is 0 Å². The van der Waals surface area contributed by atoms with Gasteiger partial charge in [0.2, 0.25) is 5.88 Å². The van der Waals surface area contributed by atoms with E-state index in [1.54, 1.807) is 0 Å². The third kappa shape index (κ3) is 3.54. The van der Waals surface area contributed by atoms with Crippen LogP contribution in [0.4, 0.5) is 12.9 Å². The molecule has 1 aromatic heterocycles. The van der Waals surface area contributed by atoms with Gasteiger partial charge >= 0.3 is 58.4 Å². The summed E-state index contributed by atoms with van der Waals surface area (Å²) in [7, 11) is 1.36. The molecule has 1 heterocycles. The van der Waals surface area contributed by atoms with E-state index in [9.17, 15) is 12.9 Å². The van der Waals surface area contributed by atoms with Gasteiger partial charge in [-0.1, -0.05) is 11.0 Å². The van der Waals surface area contributed by atoms with Gasteiger partial charge in [-0.05, 0) is 6.92 Å². The normalized spacial score (nSPS) is 10.6. The van der Waals surface area contributed by atoms with Crippen molar-refractivity contribution < 1.29 is 69.1 Å². The van der Waals surface area contributed by atoms with Crippen molar-refractivity contribution in [1.82, 2.24) is 4.98 Å². The van der Waals surface area contributed by atoms with Gasteiger partial charge in [0.15, 0.2) is 0 Å². The number of nitrogens with zero attached hydrogens (tertiary/aromatic N) is 1. The van der Waals surface area contributed by atoms with Crippen LogP contribution in [-0.2, 0) is 0 Å². The van der Waals surface area contributed by atoms with Crippen molar-refractivity contribution in [3.8, 4) is 5.88 Å². The maximum absolute atomic E-state index is 12.3. The number of aryl methyl sites for hydroxylation is 1. The van der Waals surface area contributed by atoms with E-state index in [0.29, 0.717) is 0 Å². The van der Waals surface area contributed by atoms with E-state index >= 15 is 0 Å². The third-order valence-electron chi connectivity index (χ3n) is 1.69. The van der Waals surface area contributed by atoms with Gasteiger partial charge in [0.05, 0.1) is 7.11 Å². The van der Waals surface area contributed by atoms with E-state index in [4.69, 9.17) is 4.74 Å². The molecule has 0 saturated heterocycles. The molecule has 0 aliphatic carbocycles. The van der Waals surface area contributed by atoms with Crippen LogP contribution in [0.15, 0.2) is 12.3 Å². The minimum atomic E-state index is -4.97. The van der Waals surface area contributed by atoms with Gasteiger partial charge in [-0.15, -0.1) is 0 Å². The van der Waals surface area contributed by atoms with Gasteiger partial charge in [-0.25, -0.2) is 4.98 Å². The van der Waals surface area contributed by atoms with Crippen LogP contribution in [0.2, 0.25) is 0 Å². The van der Waals surface area contributed by atoms with Crippen molar-refractivity contribution in [3.05, 3.63) is 17.8 Å². The number of hydrogen-bond acceptors (Lipinski definition) is 2. The summed E-state index contributed by atoms with van der Waals surface area (Å²) in [5.41, 5.74) is -0.528. The first-order chi connectivity index (χ1) is 5.95. The van der Waals surface area contributed by atoms with Crippen LogP contribution in [0.3, 0.4) is 0 Å². The van der Waals surface area contributed by atoms with E-state index in [-0.39, 0.29) is 62.8 Å². The van der Waals surface area contributed by atoms with Gasteiger partial charge in [0, 0.05) is 12.3 Å². The second-order valence-corrected chi connectivity index (χ2v) is 2.66.